The van der Waals surface area contributed by atoms with E-state index in [-0.39, 0.29) is 14.9 Å². The zero-order valence-electron chi connectivity index (χ0n) is 12.5. The third-order valence-corrected chi connectivity index (χ3v) is 5.76. The van der Waals surface area contributed by atoms with Gasteiger partial charge in [-0.2, -0.15) is 0 Å². The first-order valence-electron chi connectivity index (χ1n) is 7.11. The minimum absolute atomic E-state index is 0.232. The highest BCUT2D eigenvalue weighted by molar-refractivity contribution is 6.54. The highest BCUT2D eigenvalue weighted by Gasteiger charge is 2.14. The van der Waals surface area contributed by atoms with Crippen LogP contribution in [0, 0.1) is 0 Å². The fraction of sp³-hybridized carbons (Fsp3) is 0.333. The number of rotatable bonds is 3. The molecule has 2 aromatic rings. The van der Waals surface area contributed by atoms with Gasteiger partial charge in [0.05, 0.1) is 9.52 Å². The van der Waals surface area contributed by atoms with E-state index in [2.05, 4.69) is 82.3 Å². The first-order valence-corrected chi connectivity index (χ1v) is 8.63. The molecule has 0 fully saturated rings. The van der Waals surface area contributed by atoms with E-state index in [1.807, 2.05) is 0 Å². The summed E-state index contributed by atoms with van der Waals surface area (Å²) in [6.45, 7) is 9.17. The molecule has 0 aliphatic carbocycles. The average molecular weight is 268 g/mol. The Morgan fingerprint density at radius 2 is 1.42 bits per heavy atom. The van der Waals surface area contributed by atoms with Gasteiger partial charge in [0.25, 0.3) is 0 Å². The van der Waals surface area contributed by atoms with Crippen LogP contribution in [0.1, 0.15) is 44.4 Å². The summed E-state index contributed by atoms with van der Waals surface area (Å²) in [6.07, 6.45) is 0. The van der Waals surface area contributed by atoms with Gasteiger partial charge in [-0.3, -0.25) is 0 Å². The molecular weight excluding hydrogens is 244 g/mol. The Kier molecular flexibility index (Phi) is 4.26. The molecule has 2 rings (SSSR count). The van der Waals surface area contributed by atoms with E-state index in [1.165, 1.54) is 11.1 Å². The van der Waals surface area contributed by atoms with E-state index in [1.54, 1.807) is 5.19 Å². The molecular formula is C18H24Si. The normalized spacial score (nSPS) is 13.9. The lowest BCUT2D eigenvalue weighted by atomic mass is 9.86. The van der Waals surface area contributed by atoms with Crippen molar-refractivity contribution in [2.45, 2.75) is 38.7 Å². The first kappa shape index (κ1) is 14.1. The molecule has 1 atom stereocenters. The molecule has 0 radical (unpaired) electrons. The van der Waals surface area contributed by atoms with Gasteiger partial charge in [-0.15, -0.1) is 0 Å². The summed E-state index contributed by atoms with van der Waals surface area (Å²) in [6, 6.07) is 20.2. The van der Waals surface area contributed by atoms with Crippen molar-refractivity contribution < 1.29 is 0 Å². The second kappa shape index (κ2) is 5.75. The Balaban J connectivity index is 2.10. The fourth-order valence-electron chi connectivity index (χ4n) is 2.40. The van der Waals surface area contributed by atoms with Crippen molar-refractivity contribution >= 4 is 14.7 Å². The molecule has 0 N–H and O–H groups in total. The number of hydrogen-bond donors (Lipinski definition) is 0. The highest BCUT2D eigenvalue weighted by atomic mass is 28.2. The molecule has 0 spiro atoms. The predicted octanol–water partition coefficient (Wildman–Crippen LogP) is 3.54. The third kappa shape index (κ3) is 3.81. The SMILES string of the molecule is C[C@H]([SiH2]c1ccccc1)c1ccc(C(C)(C)C)cc1. The van der Waals surface area contributed by atoms with Gasteiger partial charge in [0.1, 0.15) is 0 Å². The van der Waals surface area contributed by atoms with Crippen LogP contribution in [0.4, 0.5) is 0 Å². The lowest BCUT2D eigenvalue weighted by molar-refractivity contribution is 0.590. The molecule has 0 aromatic heterocycles. The Morgan fingerprint density at radius 3 is 1.95 bits per heavy atom. The van der Waals surface area contributed by atoms with Crippen LogP contribution in [0.5, 0.6) is 0 Å². The van der Waals surface area contributed by atoms with Crippen molar-refractivity contribution in [1.29, 1.82) is 0 Å². The third-order valence-electron chi connectivity index (χ3n) is 3.73. The van der Waals surface area contributed by atoms with Gasteiger partial charge < -0.3 is 0 Å². The topological polar surface area (TPSA) is 0 Å². The molecule has 100 valence electrons. The predicted molar refractivity (Wildman–Crippen MR) is 88.2 cm³/mol. The van der Waals surface area contributed by atoms with E-state index in [4.69, 9.17) is 0 Å². The van der Waals surface area contributed by atoms with Gasteiger partial charge in [0.2, 0.25) is 0 Å². The highest BCUT2D eigenvalue weighted by Crippen LogP contribution is 2.24. The summed E-state index contributed by atoms with van der Waals surface area (Å²) < 4.78 is 0. The summed E-state index contributed by atoms with van der Waals surface area (Å²) in [5.74, 6) is 0. The van der Waals surface area contributed by atoms with Gasteiger partial charge in [-0.05, 0) is 22.1 Å². The summed E-state index contributed by atoms with van der Waals surface area (Å²) >= 11 is 0. The molecule has 1 heteroatoms. The molecule has 0 aliphatic rings. The maximum Gasteiger partial charge on any atom is 0.0620 e. The second-order valence-corrected chi connectivity index (χ2v) is 8.91. The summed E-state index contributed by atoms with van der Waals surface area (Å²) in [7, 11) is -0.232. The quantitative estimate of drug-likeness (QED) is 0.747. The van der Waals surface area contributed by atoms with Crippen molar-refractivity contribution in [3.05, 3.63) is 65.7 Å². The lowest BCUT2D eigenvalue weighted by Crippen LogP contribution is -2.20. The van der Waals surface area contributed by atoms with Crippen molar-refractivity contribution in [2.24, 2.45) is 0 Å². The molecule has 0 aliphatic heterocycles. The Hall–Kier alpha value is -1.34. The average Bonchev–Trinajstić information content (AvgIpc) is 2.39. The van der Waals surface area contributed by atoms with Crippen molar-refractivity contribution in [2.75, 3.05) is 0 Å². The van der Waals surface area contributed by atoms with E-state index in [0.717, 1.165) is 0 Å². The molecule has 0 bridgehead atoms. The van der Waals surface area contributed by atoms with Gasteiger partial charge in [0, 0.05) is 0 Å². The van der Waals surface area contributed by atoms with Crippen molar-refractivity contribution in [3.8, 4) is 0 Å². The zero-order chi connectivity index (χ0) is 13.9. The molecule has 0 saturated heterocycles. The maximum absolute atomic E-state index is 2.37. The van der Waals surface area contributed by atoms with Crippen LogP contribution in [-0.4, -0.2) is 9.52 Å². The summed E-state index contributed by atoms with van der Waals surface area (Å²) in [5, 5.41) is 1.55. The maximum atomic E-state index is 2.37. The van der Waals surface area contributed by atoms with Crippen LogP contribution in [0.25, 0.3) is 0 Å². The smallest absolute Gasteiger partial charge is 0.0620 e. The standard InChI is InChI=1S/C18H24Si/c1-14(19-17-8-6-5-7-9-17)15-10-12-16(13-11-15)18(2,3)4/h5-14H,19H2,1-4H3/t14-/m0/s1. The molecule has 19 heavy (non-hydrogen) atoms. The number of hydrogen-bond acceptors (Lipinski definition) is 0. The van der Waals surface area contributed by atoms with Crippen LogP contribution in [0.15, 0.2) is 54.6 Å². The van der Waals surface area contributed by atoms with Crippen LogP contribution in [-0.2, 0) is 5.41 Å². The molecule has 2 aromatic carbocycles. The Bertz CT molecular complexity index is 506. The van der Waals surface area contributed by atoms with Gasteiger partial charge in [-0.1, -0.05) is 87.5 Å². The summed E-state index contributed by atoms with van der Waals surface area (Å²) in [5.41, 5.74) is 3.86. The monoisotopic (exact) mass is 268 g/mol. The Morgan fingerprint density at radius 1 is 0.842 bits per heavy atom. The summed E-state index contributed by atoms with van der Waals surface area (Å²) in [4.78, 5) is 0. The minimum Gasteiger partial charge on any atom is -0.0663 e. The van der Waals surface area contributed by atoms with Gasteiger partial charge >= 0.3 is 0 Å². The molecule has 0 saturated carbocycles. The van der Waals surface area contributed by atoms with Crippen molar-refractivity contribution in [3.63, 3.8) is 0 Å². The fourth-order valence-corrected chi connectivity index (χ4v) is 4.16. The number of benzene rings is 2. The van der Waals surface area contributed by atoms with Crippen LogP contribution >= 0.6 is 0 Å². The van der Waals surface area contributed by atoms with Gasteiger partial charge in [0.15, 0.2) is 0 Å². The minimum atomic E-state index is -0.232. The molecule has 0 amide bonds. The van der Waals surface area contributed by atoms with E-state index >= 15 is 0 Å². The Labute approximate surface area is 119 Å². The molecule has 0 nitrogen and oxygen atoms in total. The van der Waals surface area contributed by atoms with E-state index < -0.39 is 0 Å². The van der Waals surface area contributed by atoms with Crippen molar-refractivity contribution in [1.82, 2.24) is 0 Å². The van der Waals surface area contributed by atoms with Crippen LogP contribution < -0.4 is 5.19 Å². The zero-order valence-corrected chi connectivity index (χ0v) is 13.9. The van der Waals surface area contributed by atoms with Crippen LogP contribution in [0.2, 0.25) is 0 Å². The van der Waals surface area contributed by atoms with Gasteiger partial charge in [-0.25, -0.2) is 0 Å². The molecule has 0 heterocycles. The second-order valence-electron chi connectivity index (χ2n) is 6.46. The lowest BCUT2D eigenvalue weighted by Gasteiger charge is -2.20. The first-order chi connectivity index (χ1) is 8.97. The van der Waals surface area contributed by atoms with E-state index in [0.29, 0.717) is 5.54 Å². The van der Waals surface area contributed by atoms with E-state index in [9.17, 15) is 0 Å². The molecule has 0 unspecified atom stereocenters. The van der Waals surface area contributed by atoms with Crippen LogP contribution in [0.3, 0.4) is 0 Å². The largest absolute Gasteiger partial charge is 0.0663 e.